The Morgan fingerprint density at radius 2 is 2.20 bits per heavy atom. The van der Waals surface area contributed by atoms with Gasteiger partial charge < -0.3 is 4.90 Å². The van der Waals surface area contributed by atoms with Crippen molar-refractivity contribution < 1.29 is 4.79 Å². The van der Waals surface area contributed by atoms with E-state index in [0.717, 1.165) is 0 Å². The second-order valence-electron chi connectivity index (χ2n) is 1.67. The van der Waals surface area contributed by atoms with E-state index >= 15 is 0 Å². The molecule has 0 aliphatic rings. The molecule has 0 saturated carbocycles. The lowest BCUT2D eigenvalue weighted by Crippen LogP contribution is -2.29. The third-order valence-corrected chi connectivity index (χ3v) is 1.07. The second kappa shape index (κ2) is 4.47. The molecule has 0 saturated heterocycles. The van der Waals surface area contributed by atoms with Gasteiger partial charge in [-0.25, -0.2) is 0 Å². The van der Waals surface area contributed by atoms with E-state index in [0.29, 0.717) is 13.1 Å². The Morgan fingerprint density at radius 3 is 2.50 bits per heavy atom. The molecule has 0 rings (SSSR count). The summed E-state index contributed by atoms with van der Waals surface area (Å²) in [7, 11) is 0. The average molecular weight is 135 g/mol. The topological polar surface area (TPSA) is 20.3 Å². The van der Waals surface area contributed by atoms with Crippen LogP contribution in [-0.2, 0) is 4.79 Å². The molecule has 0 N–H and O–H groups in total. The highest BCUT2D eigenvalue weighted by Crippen LogP contribution is 1.85. The Balaban J connectivity index is 3.99. The molecule has 2 nitrogen and oxygen atoms in total. The standard InChI is InChI=1S/C8H9NO/c1-4-7-9(6-3)8(10)5-2/h1-2H,6-7H2,3H3. The minimum absolute atomic E-state index is 0.291. The van der Waals surface area contributed by atoms with Gasteiger partial charge in [-0.1, -0.05) is 5.92 Å². The third-order valence-electron chi connectivity index (χ3n) is 1.07. The Hall–Kier alpha value is -1.41. The molecule has 0 bridgehead atoms. The first-order chi connectivity index (χ1) is 4.76. The number of amides is 1. The molecule has 0 unspecified atom stereocenters. The van der Waals surface area contributed by atoms with Crippen molar-refractivity contribution in [1.82, 2.24) is 4.90 Å². The van der Waals surface area contributed by atoms with Crippen molar-refractivity contribution in [2.45, 2.75) is 6.92 Å². The highest BCUT2D eigenvalue weighted by atomic mass is 16.2. The number of carbonyl (C=O) groups is 1. The lowest BCUT2D eigenvalue weighted by Gasteiger charge is -2.13. The fourth-order valence-electron chi connectivity index (χ4n) is 0.529. The van der Waals surface area contributed by atoms with E-state index in [2.05, 4.69) is 5.92 Å². The smallest absolute Gasteiger partial charge is 0.298 e. The third kappa shape index (κ3) is 2.24. The van der Waals surface area contributed by atoms with Crippen LogP contribution >= 0.6 is 0 Å². The number of hydrogen-bond acceptors (Lipinski definition) is 1. The van der Waals surface area contributed by atoms with Crippen molar-refractivity contribution in [3.8, 4) is 24.7 Å². The molecule has 0 aromatic carbocycles. The summed E-state index contributed by atoms with van der Waals surface area (Å²) >= 11 is 0. The fraction of sp³-hybridized carbons (Fsp3) is 0.375. The number of hydrogen-bond donors (Lipinski definition) is 0. The van der Waals surface area contributed by atoms with Gasteiger partial charge in [-0.05, 0) is 12.8 Å². The molecule has 0 atom stereocenters. The van der Waals surface area contributed by atoms with E-state index in [1.165, 1.54) is 4.90 Å². The van der Waals surface area contributed by atoms with Gasteiger partial charge >= 0.3 is 0 Å². The first-order valence-corrected chi connectivity index (χ1v) is 2.95. The molecule has 1 amide bonds. The fourth-order valence-corrected chi connectivity index (χ4v) is 0.529. The number of rotatable bonds is 2. The molecule has 0 aliphatic heterocycles. The minimum atomic E-state index is -0.347. The van der Waals surface area contributed by atoms with Crippen LogP contribution in [0.2, 0.25) is 0 Å². The molecule has 0 aliphatic carbocycles. The van der Waals surface area contributed by atoms with Crippen LogP contribution in [0.3, 0.4) is 0 Å². The van der Waals surface area contributed by atoms with Crippen LogP contribution in [0, 0.1) is 24.7 Å². The largest absolute Gasteiger partial charge is 0.321 e. The Kier molecular flexibility index (Phi) is 3.84. The lowest BCUT2D eigenvalue weighted by atomic mass is 10.4. The van der Waals surface area contributed by atoms with Crippen molar-refractivity contribution in [3.63, 3.8) is 0 Å². The van der Waals surface area contributed by atoms with E-state index < -0.39 is 0 Å². The maximum absolute atomic E-state index is 10.7. The summed E-state index contributed by atoms with van der Waals surface area (Å²) in [5.74, 6) is 3.99. The molecule has 0 radical (unpaired) electrons. The molecule has 0 fully saturated rings. The summed E-state index contributed by atoms with van der Waals surface area (Å²) in [6.07, 6.45) is 9.85. The van der Waals surface area contributed by atoms with Crippen molar-refractivity contribution in [1.29, 1.82) is 0 Å². The maximum Gasteiger partial charge on any atom is 0.298 e. The normalized spacial score (nSPS) is 7.50. The van der Waals surface area contributed by atoms with E-state index in [-0.39, 0.29) is 5.91 Å². The summed E-state index contributed by atoms with van der Waals surface area (Å²) in [5.41, 5.74) is 0. The van der Waals surface area contributed by atoms with Gasteiger partial charge in [0.25, 0.3) is 5.91 Å². The molecule has 10 heavy (non-hydrogen) atoms. The zero-order chi connectivity index (χ0) is 7.98. The van der Waals surface area contributed by atoms with Crippen LogP contribution in [0.5, 0.6) is 0 Å². The molecule has 0 heterocycles. The Morgan fingerprint density at radius 1 is 1.60 bits per heavy atom. The van der Waals surface area contributed by atoms with Crippen LogP contribution in [0.4, 0.5) is 0 Å². The Labute approximate surface area is 61.2 Å². The van der Waals surface area contributed by atoms with E-state index in [4.69, 9.17) is 12.8 Å². The van der Waals surface area contributed by atoms with Crippen molar-refractivity contribution in [3.05, 3.63) is 0 Å². The summed E-state index contributed by atoms with van der Waals surface area (Å²) < 4.78 is 0. The summed E-state index contributed by atoms with van der Waals surface area (Å²) in [6.45, 7) is 2.68. The quantitative estimate of drug-likeness (QED) is 0.492. The van der Waals surface area contributed by atoms with Gasteiger partial charge in [-0.15, -0.1) is 12.8 Å². The van der Waals surface area contributed by atoms with Crippen LogP contribution in [0.25, 0.3) is 0 Å². The van der Waals surface area contributed by atoms with Crippen molar-refractivity contribution >= 4 is 5.91 Å². The highest BCUT2D eigenvalue weighted by Gasteiger charge is 2.04. The molecule has 0 aromatic rings. The van der Waals surface area contributed by atoms with Crippen LogP contribution in [-0.4, -0.2) is 23.9 Å². The number of nitrogens with zero attached hydrogens (tertiary/aromatic N) is 1. The predicted molar refractivity (Wildman–Crippen MR) is 39.9 cm³/mol. The highest BCUT2D eigenvalue weighted by molar-refractivity contribution is 5.93. The van der Waals surface area contributed by atoms with Crippen molar-refractivity contribution in [2.24, 2.45) is 0 Å². The van der Waals surface area contributed by atoms with Gasteiger partial charge in [0.05, 0.1) is 6.54 Å². The van der Waals surface area contributed by atoms with Crippen molar-refractivity contribution in [2.75, 3.05) is 13.1 Å². The molecule has 0 aromatic heterocycles. The summed E-state index contributed by atoms with van der Waals surface area (Å²) in [6, 6.07) is 0. The van der Waals surface area contributed by atoms with E-state index in [1.54, 1.807) is 0 Å². The van der Waals surface area contributed by atoms with Crippen LogP contribution in [0.1, 0.15) is 6.92 Å². The average Bonchev–Trinajstić information content (AvgIpc) is 1.99. The van der Waals surface area contributed by atoms with Crippen LogP contribution < -0.4 is 0 Å². The van der Waals surface area contributed by atoms with E-state index in [1.807, 2.05) is 12.8 Å². The summed E-state index contributed by atoms with van der Waals surface area (Å²) in [5, 5.41) is 0. The maximum atomic E-state index is 10.7. The molecular weight excluding hydrogens is 126 g/mol. The van der Waals surface area contributed by atoms with Crippen LogP contribution in [0.15, 0.2) is 0 Å². The molecule has 0 spiro atoms. The van der Waals surface area contributed by atoms with Gasteiger partial charge in [0, 0.05) is 6.54 Å². The first-order valence-electron chi connectivity index (χ1n) is 2.95. The predicted octanol–water partition coefficient (Wildman–Crippen LogP) is 0.101. The van der Waals surface area contributed by atoms with Gasteiger partial charge in [0.15, 0.2) is 0 Å². The zero-order valence-corrected chi connectivity index (χ0v) is 5.92. The van der Waals surface area contributed by atoms with Gasteiger partial charge in [-0.3, -0.25) is 4.79 Å². The van der Waals surface area contributed by atoms with Gasteiger partial charge in [0.1, 0.15) is 0 Å². The molecule has 2 heteroatoms. The molecular formula is C8H9NO. The minimum Gasteiger partial charge on any atom is -0.321 e. The summed E-state index contributed by atoms with van der Waals surface area (Å²) in [4.78, 5) is 12.1. The zero-order valence-electron chi connectivity index (χ0n) is 5.92. The van der Waals surface area contributed by atoms with Gasteiger partial charge in [-0.2, -0.15) is 0 Å². The van der Waals surface area contributed by atoms with Gasteiger partial charge in [0.2, 0.25) is 0 Å². The number of terminal acetylenes is 2. The second-order valence-corrected chi connectivity index (χ2v) is 1.67. The SMILES string of the molecule is C#CCN(CC)C(=O)C#C. The Bertz CT molecular complexity index is 194. The first kappa shape index (κ1) is 8.59. The number of carbonyl (C=O) groups excluding carboxylic acids is 1. The monoisotopic (exact) mass is 135 g/mol. The van der Waals surface area contributed by atoms with E-state index in [9.17, 15) is 4.79 Å². The molecule has 52 valence electrons. The lowest BCUT2D eigenvalue weighted by molar-refractivity contribution is -0.124.